The highest BCUT2D eigenvalue weighted by Gasteiger charge is 2.38. The molecule has 1 aliphatic heterocycles. The molecular formula is C21H18N4O2. The number of carbonyl (C=O) groups is 2. The Bertz CT molecular complexity index is 987. The molecule has 134 valence electrons. The minimum absolute atomic E-state index is 0.0864. The highest BCUT2D eigenvalue weighted by Crippen LogP contribution is 2.36. The third-order valence-corrected chi connectivity index (χ3v) is 4.35. The van der Waals surface area contributed by atoms with Crippen LogP contribution in [0.3, 0.4) is 0 Å². The van der Waals surface area contributed by atoms with E-state index in [1.165, 1.54) is 6.92 Å². The van der Waals surface area contributed by atoms with Gasteiger partial charge in [0.05, 0.1) is 11.3 Å². The van der Waals surface area contributed by atoms with Crippen LogP contribution in [0.5, 0.6) is 0 Å². The van der Waals surface area contributed by atoms with Crippen LogP contribution < -0.4 is 15.5 Å². The summed E-state index contributed by atoms with van der Waals surface area (Å²) in [6, 6.07) is 20.4. The van der Waals surface area contributed by atoms with Gasteiger partial charge in [-0.1, -0.05) is 18.2 Å². The van der Waals surface area contributed by atoms with E-state index in [1.54, 1.807) is 23.2 Å². The molecule has 2 heterocycles. The monoisotopic (exact) mass is 358 g/mol. The van der Waals surface area contributed by atoms with Gasteiger partial charge in [0.1, 0.15) is 0 Å². The number of para-hydroxylation sites is 1. The zero-order valence-electron chi connectivity index (χ0n) is 14.7. The van der Waals surface area contributed by atoms with Crippen LogP contribution in [0.15, 0.2) is 72.9 Å². The third kappa shape index (κ3) is 3.25. The Morgan fingerprint density at radius 3 is 2.37 bits per heavy atom. The van der Waals surface area contributed by atoms with Crippen molar-refractivity contribution in [1.82, 2.24) is 4.98 Å². The van der Waals surface area contributed by atoms with E-state index in [2.05, 4.69) is 15.6 Å². The highest BCUT2D eigenvalue weighted by molar-refractivity contribution is 6.11. The summed E-state index contributed by atoms with van der Waals surface area (Å²) >= 11 is 0. The smallest absolute Gasteiger partial charge is 0.262 e. The van der Waals surface area contributed by atoms with Crippen molar-refractivity contribution in [1.29, 1.82) is 0 Å². The molecule has 1 aliphatic rings. The first kappa shape index (κ1) is 16.8. The first-order chi connectivity index (χ1) is 13.1. The molecule has 4 rings (SSSR count). The molecule has 0 radical (unpaired) electrons. The number of hydrogen-bond acceptors (Lipinski definition) is 4. The van der Waals surface area contributed by atoms with E-state index in [1.807, 2.05) is 54.6 Å². The minimum atomic E-state index is -0.414. The maximum absolute atomic E-state index is 13.0. The number of rotatable bonds is 4. The summed E-state index contributed by atoms with van der Waals surface area (Å²) in [5.74, 6) is -0.206. The Kier molecular flexibility index (Phi) is 4.30. The molecular weight excluding hydrogens is 340 g/mol. The van der Waals surface area contributed by atoms with E-state index in [0.717, 1.165) is 11.4 Å². The normalized spacial score (nSPS) is 15.4. The molecule has 0 bridgehead atoms. The average Bonchev–Trinajstić information content (AvgIpc) is 2.96. The molecule has 0 saturated heterocycles. The van der Waals surface area contributed by atoms with E-state index < -0.39 is 6.17 Å². The van der Waals surface area contributed by atoms with Gasteiger partial charge < -0.3 is 10.6 Å². The lowest BCUT2D eigenvalue weighted by Crippen LogP contribution is -2.32. The van der Waals surface area contributed by atoms with Gasteiger partial charge in [-0.2, -0.15) is 0 Å². The zero-order valence-corrected chi connectivity index (χ0v) is 14.7. The molecule has 27 heavy (non-hydrogen) atoms. The largest absolute Gasteiger partial charge is 0.360 e. The number of nitrogens with one attached hydrogen (secondary N) is 2. The van der Waals surface area contributed by atoms with Crippen LogP contribution >= 0.6 is 0 Å². The molecule has 0 spiro atoms. The summed E-state index contributed by atoms with van der Waals surface area (Å²) in [6.07, 6.45) is 1.28. The van der Waals surface area contributed by atoms with Crippen LogP contribution in [0.25, 0.3) is 0 Å². The molecule has 2 aromatic carbocycles. The van der Waals surface area contributed by atoms with E-state index in [0.29, 0.717) is 16.9 Å². The Hall–Kier alpha value is -3.67. The summed E-state index contributed by atoms with van der Waals surface area (Å²) < 4.78 is 0. The highest BCUT2D eigenvalue weighted by atomic mass is 16.2. The van der Waals surface area contributed by atoms with Crippen molar-refractivity contribution in [2.75, 3.05) is 15.5 Å². The molecule has 0 saturated carbocycles. The lowest BCUT2D eigenvalue weighted by molar-refractivity contribution is -0.114. The fraction of sp³-hybridized carbons (Fsp3) is 0.0952. The summed E-state index contributed by atoms with van der Waals surface area (Å²) in [5.41, 5.74) is 3.62. The third-order valence-electron chi connectivity index (χ3n) is 4.35. The average molecular weight is 358 g/mol. The molecule has 0 unspecified atom stereocenters. The Balaban J connectivity index is 1.68. The number of anilines is 3. The van der Waals surface area contributed by atoms with Crippen LogP contribution in [0.1, 0.15) is 29.1 Å². The van der Waals surface area contributed by atoms with Crippen molar-refractivity contribution in [2.45, 2.75) is 13.1 Å². The molecule has 2 N–H and O–H groups in total. The van der Waals surface area contributed by atoms with Crippen molar-refractivity contribution in [3.63, 3.8) is 0 Å². The molecule has 2 amide bonds. The first-order valence-corrected chi connectivity index (χ1v) is 8.61. The molecule has 1 atom stereocenters. The van der Waals surface area contributed by atoms with Crippen molar-refractivity contribution in [2.24, 2.45) is 0 Å². The standard InChI is InChI=1S/C21H18N4O2/c1-14(26)23-15-9-11-16(12-10-15)24-20-19-18(8-5-13-22-19)21(27)25(20)17-6-3-2-4-7-17/h2-13,20,24H,1H3,(H,23,26)/t20-/m0/s1. The molecule has 6 heteroatoms. The predicted molar refractivity (Wildman–Crippen MR) is 105 cm³/mol. The van der Waals surface area contributed by atoms with E-state index in [9.17, 15) is 9.59 Å². The summed E-state index contributed by atoms with van der Waals surface area (Å²) in [5, 5.41) is 6.13. The van der Waals surface area contributed by atoms with Gasteiger partial charge in [-0.25, -0.2) is 0 Å². The van der Waals surface area contributed by atoms with Gasteiger partial charge in [0.15, 0.2) is 6.17 Å². The van der Waals surface area contributed by atoms with E-state index in [4.69, 9.17) is 0 Å². The fourth-order valence-corrected chi connectivity index (χ4v) is 3.18. The minimum Gasteiger partial charge on any atom is -0.360 e. The summed E-state index contributed by atoms with van der Waals surface area (Å²) in [7, 11) is 0. The molecule has 3 aromatic rings. The van der Waals surface area contributed by atoms with Crippen LogP contribution in [-0.4, -0.2) is 16.8 Å². The van der Waals surface area contributed by atoms with Crippen molar-refractivity contribution < 1.29 is 9.59 Å². The van der Waals surface area contributed by atoms with Gasteiger partial charge in [-0.15, -0.1) is 0 Å². The molecule has 0 aliphatic carbocycles. The number of amides is 2. The lowest BCUT2D eigenvalue weighted by atomic mass is 10.2. The Morgan fingerprint density at radius 2 is 1.67 bits per heavy atom. The number of benzene rings is 2. The maximum atomic E-state index is 13.0. The Labute approximate surface area is 156 Å². The van der Waals surface area contributed by atoms with Crippen LogP contribution in [-0.2, 0) is 4.79 Å². The Morgan fingerprint density at radius 1 is 0.963 bits per heavy atom. The van der Waals surface area contributed by atoms with Crippen molar-refractivity contribution in [3.8, 4) is 0 Å². The second kappa shape index (κ2) is 6.92. The van der Waals surface area contributed by atoms with Crippen LogP contribution in [0.2, 0.25) is 0 Å². The second-order valence-corrected chi connectivity index (χ2v) is 6.25. The van der Waals surface area contributed by atoms with Crippen molar-refractivity contribution >= 4 is 28.9 Å². The summed E-state index contributed by atoms with van der Waals surface area (Å²) in [4.78, 5) is 30.3. The molecule has 6 nitrogen and oxygen atoms in total. The summed E-state index contributed by atoms with van der Waals surface area (Å²) in [6.45, 7) is 1.47. The van der Waals surface area contributed by atoms with Crippen LogP contribution in [0, 0.1) is 0 Å². The number of pyridine rings is 1. The van der Waals surface area contributed by atoms with Gasteiger partial charge in [0.25, 0.3) is 5.91 Å². The second-order valence-electron chi connectivity index (χ2n) is 6.25. The maximum Gasteiger partial charge on any atom is 0.262 e. The number of nitrogens with zero attached hydrogens (tertiary/aromatic N) is 2. The fourth-order valence-electron chi connectivity index (χ4n) is 3.18. The van der Waals surface area contributed by atoms with E-state index in [-0.39, 0.29) is 11.8 Å². The van der Waals surface area contributed by atoms with Gasteiger partial charge in [-0.05, 0) is 48.5 Å². The lowest BCUT2D eigenvalue weighted by Gasteiger charge is -2.26. The van der Waals surface area contributed by atoms with E-state index >= 15 is 0 Å². The van der Waals surface area contributed by atoms with Gasteiger partial charge >= 0.3 is 0 Å². The predicted octanol–water partition coefficient (Wildman–Crippen LogP) is 3.81. The number of fused-ring (bicyclic) bond motifs is 1. The topological polar surface area (TPSA) is 74.3 Å². The quantitative estimate of drug-likeness (QED) is 0.744. The number of carbonyl (C=O) groups excluding carboxylic acids is 2. The van der Waals surface area contributed by atoms with Gasteiger partial charge in [-0.3, -0.25) is 19.5 Å². The number of hydrogen-bond donors (Lipinski definition) is 2. The van der Waals surface area contributed by atoms with Crippen molar-refractivity contribution in [3.05, 3.63) is 84.2 Å². The zero-order chi connectivity index (χ0) is 18.8. The molecule has 1 aromatic heterocycles. The van der Waals surface area contributed by atoms with Gasteiger partial charge in [0, 0.05) is 30.2 Å². The van der Waals surface area contributed by atoms with Gasteiger partial charge in [0.2, 0.25) is 5.91 Å². The van der Waals surface area contributed by atoms with Crippen LogP contribution in [0.4, 0.5) is 17.1 Å². The number of aromatic nitrogens is 1. The SMILES string of the molecule is CC(=O)Nc1ccc(N[C@@H]2c3ncccc3C(=O)N2c2ccccc2)cc1. The first-order valence-electron chi connectivity index (χ1n) is 8.61. The molecule has 0 fully saturated rings.